The second-order valence-electron chi connectivity index (χ2n) is 25.6. The third-order valence-corrected chi connectivity index (χ3v) is 17.1. The van der Waals surface area contributed by atoms with Gasteiger partial charge in [0.15, 0.2) is 6.10 Å². The first-order chi connectivity index (χ1) is 40.0. The van der Waals surface area contributed by atoms with E-state index in [0.717, 1.165) is 38.5 Å². The number of hydrogen-bond acceptors (Lipinski definition) is 8. The van der Waals surface area contributed by atoms with Gasteiger partial charge in [-0.3, -0.25) is 14.2 Å². The highest BCUT2D eigenvalue weighted by Crippen LogP contribution is 2.38. The van der Waals surface area contributed by atoms with E-state index in [1.165, 1.54) is 289 Å². The van der Waals surface area contributed by atoms with E-state index in [1.807, 2.05) is 21.1 Å². The molecule has 2 atom stereocenters. The molecule has 0 radical (unpaired) electrons. The van der Waals surface area contributed by atoms with Gasteiger partial charge in [0.1, 0.15) is 19.8 Å². The van der Waals surface area contributed by atoms with Crippen molar-refractivity contribution in [3.8, 4) is 0 Å². The molecule has 0 aromatic carbocycles. The predicted molar refractivity (Wildman–Crippen MR) is 351 cm³/mol. The Labute approximate surface area is 510 Å². The van der Waals surface area contributed by atoms with Crippen LogP contribution in [0.1, 0.15) is 361 Å². The molecule has 10 heteroatoms. The third kappa shape index (κ3) is 67.4. The van der Waals surface area contributed by atoms with E-state index in [9.17, 15) is 19.0 Å². The molecular formula is C72H138NO8P. The van der Waals surface area contributed by atoms with Crippen LogP contribution in [0.4, 0.5) is 0 Å². The van der Waals surface area contributed by atoms with Gasteiger partial charge in [-0.15, -0.1) is 0 Å². The molecule has 0 amide bonds. The van der Waals surface area contributed by atoms with Crippen molar-refractivity contribution in [3.63, 3.8) is 0 Å². The van der Waals surface area contributed by atoms with Gasteiger partial charge in [0.2, 0.25) is 0 Å². The third-order valence-electron chi connectivity index (χ3n) is 16.1. The molecule has 0 bridgehead atoms. The first kappa shape index (κ1) is 80.2. The molecule has 0 N–H and O–H groups in total. The van der Waals surface area contributed by atoms with E-state index in [0.29, 0.717) is 17.4 Å². The lowest BCUT2D eigenvalue weighted by atomic mass is 10.0. The maximum Gasteiger partial charge on any atom is 0.306 e. The van der Waals surface area contributed by atoms with Crippen molar-refractivity contribution in [2.45, 2.75) is 367 Å². The average Bonchev–Trinajstić information content (AvgIpc) is 3.45. The summed E-state index contributed by atoms with van der Waals surface area (Å²) in [5.74, 6) is -0.812. The average molecular weight is 1180 g/mol. The van der Waals surface area contributed by atoms with Gasteiger partial charge in [-0.25, -0.2) is 0 Å². The highest BCUT2D eigenvalue weighted by Gasteiger charge is 2.22. The molecule has 484 valence electrons. The van der Waals surface area contributed by atoms with Crippen LogP contribution >= 0.6 is 7.82 Å². The molecule has 0 saturated heterocycles. The number of carbonyl (C=O) groups is 2. The summed E-state index contributed by atoms with van der Waals surface area (Å²) in [6.07, 6.45) is 80.9. The van der Waals surface area contributed by atoms with Gasteiger partial charge in [0.25, 0.3) is 7.82 Å². The molecule has 2 unspecified atom stereocenters. The van der Waals surface area contributed by atoms with Gasteiger partial charge < -0.3 is 27.9 Å². The van der Waals surface area contributed by atoms with Crippen molar-refractivity contribution >= 4 is 19.8 Å². The number of hydrogen-bond donors (Lipinski definition) is 0. The summed E-state index contributed by atoms with van der Waals surface area (Å²) in [6, 6.07) is 0. The molecule has 0 fully saturated rings. The number of unbranched alkanes of at least 4 members (excludes halogenated alkanes) is 47. The van der Waals surface area contributed by atoms with Crippen LogP contribution in [0.25, 0.3) is 0 Å². The Morgan fingerprint density at radius 2 is 0.659 bits per heavy atom. The monoisotopic (exact) mass is 1180 g/mol. The maximum absolute atomic E-state index is 12.9. The van der Waals surface area contributed by atoms with Crippen LogP contribution in [0.2, 0.25) is 0 Å². The Morgan fingerprint density at radius 1 is 0.378 bits per heavy atom. The summed E-state index contributed by atoms with van der Waals surface area (Å²) < 4.78 is 34.3. The number of rotatable bonds is 67. The summed E-state index contributed by atoms with van der Waals surface area (Å²) >= 11 is 0. The van der Waals surface area contributed by atoms with Crippen LogP contribution in [0.15, 0.2) is 36.5 Å². The molecule has 0 heterocycles. The Morgan fingerprint density at radius 3 is 0.976 bits per heavy atom. The van der Waals surface area contributed by atoms with Gasteiger partial charge in [0.05, 0.1) is 27.7 Å². The number of allylic oxidation sites excluding steroid dienone is 6. The number of esters is 2. The Hall–Kier alpha value is -1.77. The van der Waals surface area contributed by atoms with Gasteiger partial charge >= 0.3 is 11.9 Å². The van der Waals surface area contributed by atoms with Gasteiger partial charge in [0, 0.05) is 12.8 Å². The minimum absolute atomic E-state index is 0.0281. The van der Waals surface area contributed by atoms with E-state index in [-0.39, 0.29) is 32.0 Å². The van der Waals surface area contributed by atoms with E-state index >= 15 is 0 Å². The van der Waals surface area contributed by atoms with Gasteiger partial charge in [-0.1, -0.05) is 314 Å². The van der Waals surface area contributed by atoms with E-state index in [4.69, 9.17) is 18.5 Å². The second kappa shape index (κ2) is 63.7. The molecule has 0 aliphatic carbocycles. The summed E-state index contributed by atoms with van der Waals surface area (Å²) in [4.78, 5) is 38.1. The van der Waals surface area contributed by atoms with Crippen molar-refractivity contribution < 1.29 is 42.1 Å². The smallest absolute Gasteiger partial charge is 0.306 e. The van der Waals surface area contributed by atoms with Crippen LogP contribution in [0.5, 0.6) is 0 Å². The molecule has 0 aliphatic heterocycles. The lowest BCUT2D eigenvalue weighted by Crippen LogP contribution is -2.37. The zero-order chi connectivity index (χ0) is 59.8. The highest BCUT2D eigenvalue weighted by molar-refractivity contribution is 7.45. The molecule has 82 heavy (non-hydrogen) atoms. The lowest BCUT2D eigenvalue weighted by Gasteiger charge is -2.28. The first-order valence-electron chi connectivity index (χ1n) is 35.7. The summed E-state index contributed by atoms with van der Waals surface area (Å²) in [5.41, 5.74) is 0. The number of phosphoric ester groups is 1. The number of quaternary nitrogens is 1. The molecule has 0 spiro atoms. The van der Waals surface area contributed by atoms with Crippen LogP contribution in [-0.2, 0) is 32.7 Å². The fourth-order valence-corrected chi connectivity index (χ4v) is 11.4. The number of likely N-dealkylation sites (N-methyl/N-ethyl adjacent to an activating group) is 1. The highest BCUT2D eigenvalue weighted by atomic mass is 31.2. The Kier molecular flexibility index (Phi) is 62.3. The zero-order valence-corrected chi connectivity index (χ0v) is 56.1. The van der Waals surface area contributed by atoms with Gasteiger partial charge in [-0.2, -0.15) is 0 Å². The van der Waals surface area contributed by atoms with Crippen LogP contribution in [-0.4, -0.2) is 70.0 Å². The topological polar surface area (TPSA) is 111 Å². The molecule has 0 aromatic heterocycles. The summed E-state index contributed by atoms with van der Waals surface area (Å²) in [6.45, 7) is 4.30. The van der Waals surface area contributed by atoms with Crippen molar-refractivity contribution in [1.29, 1.82) is 0 Å². The number of nitrogens with zero attached hydrogens (tertiary/aromatic N) is 1. The quantitative estimate of drug-likeness (QED) is 0.0195. The fourth-order valence-electron chi connectivity index (χ4n) is 10.6. The number of carbonyl (C=O) groups excluding carboxylic acids is 2. The molecular weight excluding hydrogens is 1040 g/mol. The van der Waals surface area contributed by atoms with E-state index < -0.39 is 26.5 Å². The van der Waals surface area contributed by atoms with Crippen molar-refractivity contribution in [2.75, 3.05) is 47.5 Å². The molecule has 9 nitrogen and oxygen atoms in total. The maximum atomic E-state index is 12.9. The van der Waals surface area contributed by atoms with Crippen LogP contribution < -0.4 is 4.89 Å². The normalized spacial score (nSPS) is 13.3. The summed E-state index contributed by atoms with van der Waals surface area (Å²) in [5, 5.41) is 0. The molecule has 0 aliphatic rings. The molecule has 0 aromatic rings. The van der Waals surface area contributed by atoms with Crippen LogP contribution in [0, 0.1) is 0 Å². The Bertz CT molecular complexity index is 1480. The zero-order valence-electron chi connectivity index (χ0n) is 55.2. The summed E-state index contributed by atoms with van der Waals surface area (Å²) in [7, 11) is 1.19. The predicted octanol–water partition coefficient (Wildman–Crippen LogP) is 22.4. The van der Waals surface area contributed by atoms with E-state index in [1.54, 1.807) is 0 Å². The minimum Gasteiger partial charge on any atom is -0.756 e. The number of phosphoric acid groups is 1. The van der Waals surface area contributed by atoms with Crippen molar-refractivity contribution in [3.05, 3.63) is 36.5 Å². The lowest BCUT2D eigenvalue weighted by molar-refractivity contribution is -0.870. The SMILES string of the molecule is CCCCCCC/C=C\C/C=C\CCCCCCCCCCCCCCCCCCCC(=O)OC(COC(=O)CCCCCCCCCCCCCCCCCCC/C=C\CCCCCCCCCC)COP(=O)([O-])OCC[N+](C)(C)C. The van der Waals surface area contributed by atoms with Crippen molar-refractivity contribution in [2.24, 2.45) is 0 Å². The largest absolute Gasteiger partial charge is 0.756 e. The van der Waals surface area contributed by atoms with E-state index in [2.05, 4.69) is 50.3 Å². The molecule has 0 rings (SSSR count). The number of ether oxygens (including phenoxy) is 2. The standard InChI is InChI=1S/C72H138NO8P/c1-6-8-10-12-14-16-18-20-22-24-26-28-30-32-34-36-38-40-42-44-46-48-50-52-54-56-58-60-62-64-71(74)78-68-70(69-80-82(76,77)79-67-66-73(3,4)5)81-72(75)65-63-61-59-57-55-53-51-49-47-45-43-41-39-37-35-33-31-29-27-25-23-21-19-17-15-13-11-9-7-2/h19,21,24-27,70H,6-18,20,22-23,28-69H2,1-5H3/b21-19-,26-24-,27-25-. The molecule has 0 saturated carbocycles. The van der Waals surface area contributed by atoms with Crippen LogP contribution in [0.3, 0.4) is 0 Å². The minimum atomic E-state index is -4.64. The fraction of sp³-hybridized carbons (Fsp3) is 0.889. The Balaban J connectivity index is 3.99. The van der Waals surface area contributed by atoms with Gasteiger partial charge in [-0.05, 0) is 70.6 Å². The first-order valence-corrected chi connectivity index (χ1v) is 37.2. The van der Waals surface area contributed by atoms with Crippen molar-refractivity contribution in [1.82, 2.24) is 0 Å². The second-order valence-corrected chi connectivity index (χ2v) is 27.0.